The molecule has 0 radical (unpaired) electrons. The lowest BCUT2D eigenvalue weighted by atomic mass is 9.96. The number of carbonyl (C=O) groups is 6. The Labute approximate surface area is 220 Å². The minimum absolute atomic E-state index is 0.0348. The van der Waals surface area contributed by atoms with Crippen LogP contribution in [0, 0.1) is 5.41 Å². The first-order chi connectivity index (χ1) is 18.3. The molecule has 0 spiro atoms. The van der Waals surface area contributed by atoms with Crippen molar-refractivity contribution in [2.75, 3.05) is 10.2 Å². The molecule has 39 heavy (non-hydrogen) atoms. The molecule has 0 aromatic heterocycles. The number of guanidine groups is 1. The number of benzene rings is 2. The van der Waals surface area contributed by atoms with Crippen LogP contribution in [0.3, 0.4) is 0 Å². The number of para-hydroxylation sites is 1. The number of hydrogen-bond donors (Lipinski definition) is 6. The molecule has 2 aromatic carbocycles. The fourth-order valence-corrected chi connectivity index (χ4v) is 3.98. The second-order valence-corrected chi connectivity index (χ2v) is 8.25. The Balaban J connectivity index is 2.19. The highest BCUT2D eigenvalue weighted by Gasteiger charge is 2.63. The van der Waals surface area contributed by atoms with E-state index in [2.05, 4.69) is 10.3 Å². The van der Waals surface area contributed by atoms with Crippen LogP contribution in [0.5, 0.6) is 0 Å². The minimum atomic E-state index is -3.32. The first-order valence-corrected chi connectivity index (χ1v) is 11.1. The SMILES string of the molecule is CC(=O)[C@](C(=O)O)(N1C(=O)N=C(c2ccc(NC(=N)N)cc2)C1=O)N(C(=O)[C@@H](N)CC(=O)O)c1ccccc1. The summed E-state index contributed by atoms with van der Waals surface area (Å²) in [5, 5.41) is 29.3. The molecule has 0 saturated carbocycles. The number of Topliss-reactive ketones (excluding diaryl/α,β-unsaturated/α-hetero) is 1. The Morgan fingerprint density at radius 2 is 1.67 bits per heavy atom. The Morgan fingerprint density at radius 3 is 2.15 bits per heavy atom. The molecule has 0 saturated heterocycles. The Bertz CT molecular complexity index is 1390. The lowest BCUT2D eigenvalue weighted by Gasteiger charge is -2.43. The molecule has 3 rings (SSSR count). The maximum absolute atomic E-state index is 13.6. The van der Waals surface area contributed by atoms with Crippen molar-refractivity contribution < 1.29 is 39.0 Å². The van der Waals surface area contributed by atoms with Crippen LogP contribution in [0.2, 0.25) is 0 Å². The zero-order chi connectivity index (χ0) is 29.1. The molecule has 1 aliphatic rings. The van der Waals surface area contributed by atoms with Crippen LogP contribution in [-0.2, 0) is 24.0 Å². The Hall–Kier alpha value is -5.44. The quantitative estimate of drug-likeness (QED) is 0.133. The zero-order valence-corrected chi connectivity index (χ0v) is 20.3. The predicted octanol–water partition coefficient (Wildman–Crippen LogP) is -0.0516. The van der Waals surface area contributed by atoms with Gasteiger partial charge in [0.1, 0.15) is 5.71 Å². The maximum atomic E-state index is 13.6. The summed E-state index contributed by atoms with van der Waals surface area (Å²) >= 11 is 0. The van der Waals surface area contributed by atoms with Gasteiger partial charge >= 0.3 is 18.0 Å². The van der Waals surface area contributed by atoms with Gasteiger partial charge in [0.25, 0.3) is 11.6 Å². The molecule has 2 aromatic rings. The third-order valence-corrected chi connectivity index (χ3v) is 5.62. The van der Waals surface area contributed by atoms with E-state index in [-0.39, 0.29) is 22.1 Å². The third-order valence-electron chi connectivity index (χ3n) is 5.62. The van der Waals surface area contributed by atoms with Crippen molar-refractivity contribution in [1.82, 2.24) is 4.90 Å². The Kier molecular flexibility index (Phi) is 7.86. The van der Waals surface area contributed by atoms with Crippen molar-refractivity contribution in [2.24, 2.45) is 16.5 Å². The molecular formula is C24H23N7O8. The van der Waals surface area contributed by atoms with E-state index in [1.165, 1.54) is 54.6 Å². The van der Waals surface area contributed by atoms with Crippen LogP contribution in [0.15, 0.2) is 59.6 Å². The van der Waals surface area contributed by atoms with Crippen LogP contribution < -0.4 is 21.7 Å². The molecule has 4 amide bonds. The van der Waals surface area contributed by atoms with Crippen LogP contribution in [0.4, 0.5) is 16.2 Å². The monoisotopic (exact) mass is 537 g/mol. The van der Waals surface area contributed by atoms with Crippen molar-refractivity contribution in [3.63, 3.8) is 0 Å². The number of nitrogens with two attached hydrogens (primary N) is 2. The van der Waals surface area contributed by atoms with Crippen LogP contribution in [-0.4, -0.2) is 74.1 Å². The number of rotatable bonds is 10. The highest BCUT2D eigenvalue weighted by atomic mass is 16.4. The van der Waals surface area contributed by atoms with E-state index in [4.69, 9.17) is 22.0 Å². The lowest BCUT2D eigenvalue weighted by molar-refractivity contribution is -0.160. The van der Waals surface area contributed by atoms with E-state index in [0.717, 1.165) is 6.92 Å². The van der Waals surface area contributed by atoms with Gasteiger partial charge in [-0.05, 0) is 31.2 Å². The minimum Gasteiger partial charge on any atom is -0.481 e. The molecule has 1 aliphatic heterocycles. The van der Waals surface area contributed by atoms with E-state index in [1.807, 2.05) is 0 Å². The number of urea groups is 1. The van der Waals surface area contributed by atoms with Gasteiger partial charge in [-0.1, -0.05) is 30.3 Å². The number of carboxylic acids is 2. The fraction of sp³-hybridized carbons (Fsp3) is 0.167. The molecular weight excluding hydrogens is 514 g/mol. The average molecular weight is 537 g/mol. The number of aliphatic carboxylic acids is 2. The topological polar surface area (TPSA) is 250 Å². The van der Waals surface area contributed by atoms with Crippen LogP contribution in [0.1, 0.15) is 18.9 Å². The van der Waals surface area contributed by atoms with E-state index in [0.29, 0.717) is 10.6 Å². The van der Waals surface area contributed by atoms with Gasteiger partial charge in [0.05, 0.1) is 12.5 Å². The fourth-order valence-electron chi connectivity index (χ4n) is 3.98. The number of anilines is 2. The molecule has 202 valence electrons. The number of nitrogens with zero attached hydrogens (tertiary/aromatic N) is 3. The van der Waals surface area contributed by atoms with Gasteiger partial charge in [0.15, 0.2) is 11.7 Å². The van der Waals surface area contributed by atoms with Crippen molar-refractivity contribution in [2.45, 2.75) is 25.0 Å². The van der Waals surface area contributed by atoms with Crippen molar-refractivity contribution in [1.29, 1.82) is 5.41 Å². The second-order valence-electron chi connectivity index (χ2n) is 8.25. The maximum Gasteiger partial charge on any atom is 0.360 e. The molecule has 0 unspecified atom stereocenters. The predicted molar refractivity (Wildman–Crippen MR) is 136 cm³/mol. The molecule has 0 fully saturated rings. The van der Waals surface area contributed by atoms with Crippen molar-refractivity contribution in [3.05, 3.63) is 60.2 Å². The summed E-state index contributed by atoms with van der Waals surface area (Å²) in [7, 11) is 0. The number of amides is 4. The largest absolute Gasteiger partial charge is 0.481 e. The summed E-state index contributed by atoms with van der Waals surface area (Å²) < 4.78 is 0. The van der Waals surface area contributed by atoms with E-state index >= 15 is 0 Å². The number of carbonyl (C=O) groups excluding carboxylic acids is 4. The van der Waals surface area contributed by atoms with E-state index in [9.17, 15) is 33.9 Å². The number of carboxylic acid groups (broad SMARTS) is 2. The van der Waals surface area contributed by atoms with E-state index in [1.54, 1.807) is 0 Å². The number of nitrogens with one attached hydrogen (secondary N) is 2. The lowest BCUT2D eigenvalue weighted by Crippen LogP contribution is -2.74. The summed E-state index contributed by atoms with van der Waals surface area (Å²) in [6.45, 7) is 0.751. The highest BCUT2D eigenvalue weighted by molar-refractivity contribution is 6.53. The smallest absolute Gasteiger partial charge is 0.360 e. The zero-order valence-electron chi connectivity index (χ0n) is 20.3. The number of imide groups is 1. The first-order valence-electron chi connectivity index (χ1n) is 11.1. The first kappa shape index (κ1) is 28.1. The highest BCUT2D eigenvalue weighted by Crippen LogP contribution is 2.34. The van der Waals surface area contributed by atoms with Crippen LogP contribution in [0.25, 0.3) is 0 Å². The summed E-state index contributed by atoms with van der Waals surface area (Å²) in [5.74, 6) is -7.95. The number of ketones is 1. The van der Waals surface area contributed by atoms with E-state index < -0.39 is 59.4 Å². The Morgan fingerprint density at radius 1 is 1.08 bits per heavy atom. The molecule has 8 N–H and O–H groups in total. The molecule has 15 heteroatoms. The van der Waals surface area contributed by atoms with Gasteiger partial charge in [0.2, 0.25) is 5.91 Å². The van der Waals surface area contributed by atoms with Crippen LogP contribution >= 0.6 is 0 Å². The van der Waals surface area contributed by atoms with Gasteiger partial charge in [-0.3, -0.25) is 29.5 Å². The molecule has 0 bridgehead atoms. The van der Waals surface area contributed by atoms with Gasteiger partial charge in [-0.15, -0.1) is 0 Å². The number of hydrogen-bond acceptors (Lipinski definition) is 8. The third kappa shape index (κ3) is 5.19. The molecule has 1 heterocycles. The van der Waals surface area contributed by atoms with Gasteiger partial charge < -0.3 is 27.0 Å². The van der Waals surface area contributed by atoms with Gasteiger partial charge in [0, 0.05) is 16.9 Å². The standard InChI is InChI=1S/C24H23N7O8/c1-12(32)24(21(37)38,30(15-5-3-2-4-6-15)19(35)16(25)11-17(33)34)31-20(36)18(29-23(31)39)13-7-9-14(10-8-13)28-22(26)27/h2-10,16H,11,25H2,1H3,(H,33,34)(H,37,38)(H4,26,27,28)/t16-,24+/m0/s1. The summed E-state index contributed by atoms with van der Waals surface area (Å²) in [4.78, 5) is 81.5. The summed E-state index contributed by atoms with van der Waals surface area (Å²) in [6, 6.07) is 8.88. The molecule has 15 nitrogen and oxygen atoms in total. The van der Waals surface area contributed by atoms with Gasteiger partial charge in [-0.2, -0.15) is 4.99 Å². The van der Waals surface area contributed by atoms with Crippen molar-refractivity contribution in [3.8, 4) is 0 Å². The normalized spacial score (nSPS) is 15.1. The average Bonchev–Trinajstić information content (AvgIpc) is 3.15. The molecule has 0 aliphatic carbocycles. The van der Waals surface area contributed by atoms with Crippen molar-refractivity contribution >= 4 is 58.6 Å². The summed E-state index contributed by atoms with van der Waals surface area (Å²) in [6.07, 6.45) is -0.944. The summed E-state index contributed by atoms with van der Waals surface area (Å²) in [5.41, 5.74) is 7.35. The molecule has 2 atom stereocenters. The number of aliphatic imine (C=N–C) groups is 1. The van der Waals surface area contributed by atoms with Gasteiger partial charge in [-0.25, -0.2) is 14.5 Å². The second kappa shape index (κ2) is 10.9.